The summed E-state index contributed by atoms with van der Waals surface area (Å²) in [7, 11) is 0. The number of rotatable bonds is 9. The second kappa shape index (κ2) is 10.6. The van der Waals surface area contributed by atoms with Gasteiger partial charge in [0.15, 0.2) is 0 Å². The molecule has 2 aromatic rings. The number of hydrogen-bond acceptors (Lipinski definition) is 5. The van der Waals surface area contributed by atoms with Crippen LogP contribution in [0.2, 0.25) is 0 Å². The molecule has 2 aromatic carbocycles. The normalized spacial score (nSPS) is 13.0. The fraction of sp³-hybridized carbons (Fsp3) is 0.350. The minimum absolute atomic E-state index is 0.105. The fourth-order valence-corrected chi connectivity index (χ4v) is 2.45. The third-order valence-electron chi connectivity index (χ3n) is 3.90. The van der Waals surface area contributed by atoms with E-state index in [1.54, 1.807) is 6.07 Å². The van der Waals surface area contributed by atoms with Crippen LogP contribution in [-0.2, 0) is 17.9 Å². The average molecular weight is 358 g/mol. The third-order valence-corrected chi connectivity index (χ3v) is 3.90. The highest BCUT2D eigenvalue weighted by Crippen LogP contribution is 2.18. The van der Waals surface area contributed by atoms with Gasteiger partial charge in [-0.25, -0.2) is 4.79 Å². The van der Waals surface area contributed by atoms with Crippen LogP contribution in [0.4, 0.5) is 4.79 Å². The molecule has 2 unspecified atom stereocenters. The number of hydrogen-bond donors (Lipinski definition) is 4. The molecule has 0 fully saturated rings. The van der Waals surface area contributed by atoms with Crippen molar-refractivity contribution in [2.75, 3.05) is 13.1 Å². The van der Waals surface area contributed by atoms with Crippen molar-refractivity contribution in [1.82, 2.24) is 10.6 Å². The lowest BCUT2D eigenvalue weighted by atomic mass is 10.0. The van der Waals surface area contributed by atoms with Crippen LogP contribution >= 0.6 is 0 Å². The summed E-state index contributed by atoms with van der Waals surface area (Å²) in [5.74, 6) is 0. The molecule has 2 rings (SSSR count). The second-order valence-electron chi connectivity index (χ2n) is 5.98. The molecule has 0 saturated carbocycles. The van der Waals surface area contributed by atoms with Crippen LogP contribution in [0.5, 0.6) is 0 Å². The Morgan fingerprint density at radius 2 is 1.81 bits per heavy atom. The van der Waals surface area contributed by atoms with E-state index in [0.717, 1.165) is 17.7 Å². The van der Waals surface area contributed by atoms with Gasteiger partial charge in [-0.1, -0.05) is 61.5 Å². The minimum Gasteiger partial charge on any atom is -0.445 e. The Bertz CT molecular complexity index is 679. The Kier molecular flexibility index (Phi) is 8.08. The lowest BCUT2D eigenvalue weighted by molar-refractivity contribution is 0.0183. The Labute approximate surface area is 153 Å². The first-order valence-corrected chi connectivity index (χ1v) is 8.70. The van der Waals surface area contributed by atoms with Crippen molar-refractivity contribution in [3.63, 3.8) is 0 Å². The Hall–Kier alpha value is -2.41. The lowest BCUT2D eigenvalue weighted by Crippen LogP contribution is -2.35. The molecule has 0 saturated heterocycles. The summed E-state index contributed by atoms with van der Waals surface area (Å²) in [5, 5.41) is 26.1. The second-order valence-corrected chi connectivity index (χ2v) is 5.98. The summed E-state index contributed by atoms with van der Waals surface area (Å²) in [6.45, 7) is 3.61. The highest BCUT2D eigenvalue weighted by molar-refractivity contribution is 5.67. The third kappa shape index (κ3) is 6.48. The lowest BCUT2D eigenvalue weighted by Gasteiger charge is -2.19. The van der Waals surface area contributed by atoms with E-state index < -0.39 is 18.3 Å². The van der Waals surface area contributed by atoms with Crippen molar-refractivity contribution in [3.05, 3.63) is 71.3 Å². The van der Waals surface area contributed by atoms with Gasteiger partial charge in [0.25, 0.3) is 0 Å². The Morgan fingerprint density at radius 3 is 2.54 bits per heavy atom. The summed E-state index contributed by atoms with van der Waals surface area (Å²) in [5.41, 5.74) is 2.50. The molecule has 2 atom stereocenters. The van der Waals surface area contributed by atoms with Crippen LogP contribution < -0.4 is 10.6 Å². The number of nitrogens with one attached hydrogen (secondary N) is 2. The van der Waals surface area contributed by atoms with Gasteiger partial charge in [-0.2, -0.15) is 0 Å². The molecular weight excluding hydrogens is 332 g/mol. The average Bonchev–Trinajstić information content (AvgIpc) is 2.69. The largest absolute Gasteiger partial charge is 0.445 e. The zero-order chi connectivity index (χ0) is 18.8. The van der Waals surface area contributed by atoms with Crippen LogP contribution in [0.25, 0.3) is 0 Å². The first-order valence-electron chi connectivity index (χ1n) is 8.70. The zero-order valence-corrected chi connectivity index (χ0v) is 14.9. The van der Waals surface area contributed by atoms with Crippen molar-refractivity contribution in [2.24, 2.45) is 0 Å². The van der Waals surface area contributed by atoms with Gasteiger partial charge in [0, 0.05) is 13.1 Å². The van der Waals surface area contributed by atoms with E-state index in [-0.39, 0.29) is 13.2 Å². The van der Waals surface area contributed by atoms with Gasteiger partial charge < -0.3 is 25.6 Å². The summed E-state index contributed by atoms with van der Waals surface area (Å²) in [6, 6.07) is 16.7. The van der Waals surface area contributed by atoms with E-state index in [9.17, 15) is 15.0 Å². The first-order chi connectivity index (χ1) is 12.6. The number of carbonyl (C=O) groups is 1. The molecule has 6 nitrogen and oxygen atoms in total. The predicted molar refractivity (Wildman–Crippen MR) is 99.4 cm³/mol. The zero-order valence-electron chi connectivity index (χ0n) is 14.9. The molecule has 0 radical (unpaired) electrons. The van der Waals surface area contributed by atoms with Crippen LogP contribution in [0.3, 0.4) is 0 Å². The maximum absolute atomic E-state index is 11.7. The number of carbonyl (C=O) groups excluding carboxylic acids is 1. The highest BCUT2D eigenvalue weighted by atomic mass is 16.5. The fourth-order valence-electron chi connectivity index (χ4n) is 2.45. The van der Waals surface area contributed by atoms with Crippen molar-refractivity contribution in [1.29, 1.82) is 0 Å². The number of ether oxygens (including phenoxy) is 1. The molecule has 0 aliphatic heterocycles. The van der Waals surface area contributed by atoms with E-state index in [1.165, 1.54) is 0 Å². The van der Waals surface area contributed by atoms with Crippen molar-refractivity contribution in [2.45, 2.75) is 32.3 Å². The smallest absolute Gasteiger partial charge is 0.407 e. The number of aliphatic hydroxyl groups excluding tert-OH is 2. The van der Waals surface area contributed by atoms with E-state index >= 15 is 0 Å². The standard InChI is InChI=1S/C20H26N2O4/c1-2-21-12-16-9-6-10-17(11-16)19(24)18(23)13-22-20(25)26-14-15-7-4-3-5-8-15/h3-11,18-19,21,23-24H,2,12-14H2,1H3,(H,22,25). The predicted octanol–water partition coefficient (Wildman–Crippen LogP) is 2.12. The minimum atomic E-state index is -1.13. The summed E-state index contributed by atoms with van der Waals surface area (Å²) in [4.78, 5) is 11.7. The van der Waals surface area contributed by atoms with E-state index in [1.807, 2.05) is 55.5 Å². The van der Waals surface area contributed by atoms with Gasteiger partial charge in [-0.3, -0.25) is 0 Å². The van der Waals surface area contributed by atoms with Gasteiger partial charge in [-0.05, 0) is 23.2 Å². The topological polar surface area (TPSA) is 90.8 Å². The molecule has 0 aliphatic rings. The molecule has 26 heavy (non-hydrogen) atoms. The van der Waals surface area contributed by atoms with Gasteiger partial charge in [0.05, 0.1) is 0 Å². The molecular formula is C20H26N2O4. The van der Waals surface area contributed by atoms with E-state index in [0.29, 0.717) is 12.1 Å². The van der Waals surface area contributed by atoms with Gasteiger partial charge in [-0.15, -0.1) is 0 Å². The van der Waals surface area contributed by atoms with E-state index in [2.05, 4.69) is 10.6 Å². The van der Waals surface area contributed by atoms with E-state index in [4.69, 9.17) is 4.74 Å². The maximum Gasteiger partial charge on any atom is 0.407 e. The molecule has 140 valence electrons. The van der Waals surface area contributed by atoms with Crippen LogP contribution in [0.1, 0.15) is 29.7 Å². The maximum atomic E-state index is 11.7. The van der Waals surface area contributed by atoms with Gasteiger partial charge in [0.2, 0.25) is 0 Å². The quantitative estimate of drug-likeness (QED) is 0.551. The Balaban J connectivity index is 1.79. The highest BCUT2D eigenvalue weighted by Gasteiger charge is 2.19. The van der Waals surface area contributed by atoms with Gasteiger partial charge >= 0.3 is 6.09 Å². The molecule has 1 amide bonds. The summed E-state index contributed by atoms with van der Waals surface area (Å²) < 4.78 is 5.08. The molecule has 0 aromatic heterocycles. The monoisotopic (exact) mass is 358 g/mol. The van der Waals surface area contributed by atoms with Crippen molar-refractivity contribution in [3.8, 4) is 0 Å². The van der Waals surface area contributed by atoms with Crippen LogP contribution in [0, 0.1) is 0 Å². The molecule has 0 spiro atoms. The van der Waals surface area contributed by atoms with Crippen LogP contribution in [0.15, 0.2) is 54.6 Å². The summed E-state index contributed by atoms with van der Waals surface area (Å²) >= 11 is 0. The molecule has 4 N–H and O–H groups in total. The van der Waals surface area contributed by atoms with Gasteiger partial charge in [0.1, 0.15) is 18.8 Å². The number of benzene rings is 2. The molecule has 0 bridgehead atoms. The van der Waals surface area contributed by atoms with Crippen molar-refractivity contribution >= 4 is 6.09 Å². The Morgan fingerprint density at radius 1 is 1.08 bits per heavy atom. The molecule has 0 heterocycles. The number of aliphatic hydroxyl groups is 2. The first kappa shape index (κ1) is 19.9. The SMILES string of the molecule is CCNCc1cccc(C(O)C(O)CNC(=O)OCc2ccccc2)c1. The molecule has 0 aliphatic carbocycles. The molecule has 6 heteroatoms. The summed E-state index contributed by atoms with van der Waals surface area (Å²) in [6.07, 6.45) is -2.86. The number of amides is 1. The van der Waals surface area contributed by atoms with Crippen molar-refractivity contribution < 1.29 is 19.7 Å². The van der Waals surface area contributed by atoms with Crippen LogP contribution in [-0.4, -0.2) is 35.5 Å². The number of alkyl carbamates (subject to hydrolysis) is 1.